The van der Waals surface area contributed by atoms with E-state index in [1.807, 2.05) is 22.9 Å². The van der Waals surface area contributed by atoms with E-state index in [2.05, 4.69) is 61.8 Å². The molecule has 0 aliphatic carbocycles. The summed E-state index contributed by atoms with van der Waals surface area (Å²) in [4.78, 5) is 34.4. The molecule has 0 N–H and O–H groups in total. The lowest BCUT2D eigenvalue weighted by molar-refractivity contribution is -0.385. The molecule has 0 atom stereocenters. The minimum Gasteiger partial charge on any atom is -0.345 e. The van der Waals surface area contributed by atoms with E-state index in [1.54, 1.807) is 22.7 Å². The van der Waals surface area contributed by atoms with E-state index in [0.29, 0.717) is 52.4 Å². The fourth-order valence-corrected chi connectivity index (χ4v) is 11.9. The van der Waals surface area contributed by atoms with Gasteiger partial charge in [0.25, 0.3) is 11.4 Å². The van der Waals surface area contributed by atoms with Crippen LogP contribution in [0.4, 0.5) is 21.6 Å². The van der Waals surface area contributed by atoms with Gasteiger partial charge in [-0.05, 0) is 74.2 Å². The summed E-state index contributed by atoms with van der Waals surface area (Å²) in [5, 5.41) is 27.4. The van der Waals surface area contributed by atoms with Gasteiger partial charge in [0.15, 0.2) is 10.3 Å². The number of non-ortho nitro benzene ring substituents is 2. The van der Waals surface area contributed by atoms with Gasteiger partial charge in [-0.25, -0.2) is 26.8 Å². The standard InChI is InChI=1S/2C21H22N4O4S2/c1-15-4-3-5-19(16(15)2)20-14-30-21(22-20)23-10-12-24(13-11-23)31(28,29)18-8-6-17(7-9-18)25(26)27;1-15-4-3-5-16(2)20(15)19-14-30-21(22-19)23-10-12-24(13-11-23)31(28,29)18-8-6-17(7-9-18)25(26)27/h2*3-9,14H,10-13H2,1-2H3. The number of anilines is 2. The maximum Gasteiger partial charge on any atom is 0.269 e. The van der Waals surface area contributed by atoms with Crippen LogP contribution in [0.5, 0.6) is 0 Å². The Balaban J connectivity index is 0.000000186. The second-order valence-electron chi connectivity index (χ2n) is 14.8. The molecule has 16 nitrogen and oxygen atoms in total. The third-order valence-electron chi connectivity index (χ3n) is 11.0. The topological polar surface area (TPSA) is 193 Å². The quantitative estimate of drug-likeness (QED) is 0.0962. The number of piperazine rings is 2. The first-order chi connectivity index (χ1) is 29.5. The average Bonchev–Trinajstić information content (AvgIpc) is 3.96. The van der Waals surface area contributed by atoms with Crippen molar-refractivity contribution in [1.82, 2.24) is 18.6 Å². The van der Waals surface area contributed by atoms with Crippen LogP contribution in [0.25, 0.3) is 22.5 Å². The molecule has 324 valence electrons. The molecule has 6 aromatic rings. The first-order valence-corrected chi connectivity index (χ1v) is 24.2. The smallest absolute Gasteiger partial charge is 0.269 e. The Kier molecular flexibility index (Phi) is 13.2. The Bertz CT molecular complexity index is 2800. The van der Waals surface area contributed by atoms with Gasteiger partial charge in [0.2, 0.25) is 20.0 Å². The van der Waals surface area contributed by atoms with Crippen molar-refractivity contribution >= 4 is 64.4 Å². The number of sulfonamides is 2. The molecule has 4 aromatic carbocycles. The fraction of sp³-hybridized carbons (Fsp3) is 0.286. The number of aromatic nitrogens is 2. The summed E-state index contributed by atoms with van der Waals surface area (Å²) < 4.78 is 54.4. The zero-order chi connectivity index (χ0) is 44.3. The van der Waals surface area contributed by atoms with Gasteiger partial charge >= 0.3 is 0 Å². The van der Waals surface area contributed by atoms with Crippen molar-refractivity contribution in [3.8, 4) is 22.5 Å². The number of benzene rings is 4. The molecule has 0 spiro atoms. The molecule has 0 radical (unpaired) electrons. The van der Waals surface area contributed by atoms with Crippen LogP contribution in [0.3, 0.4) is 0 Å². The molecule has 0 amide bonds. The van der Waals surface area contributed by atoms with Crippen LogP contribution >= 0.6 is 22.7 Å². The number of hydrogen-bond acceptors (Lipinski definition) is 14. The van der Waals surface area contributed by atoms with Gasteiger partial charge < -0.3 is 9.80 Å². The van der Waals surface area contributed by atoms with E-state index in [1.165, 1.54) is 79.4 Å². The lowest BCUT2D eigenvalue weighted by Crippen LogP contribution is -2.48. The molecular formula is C42H44N8O8S4. The van der Waals surface area contributed by atoms with E-state index in [9.17, 15) is 37.1 Å². The number of rotatable bonds is 10. The van der Waals surface area contributed by atoms with Crippen LogP contribution in [0, 0.1) is 47.9 Å². The molecule has 62 heavy (non-hydrogen) atoms. The summed E-state index contributed by atoms with van der Waals surface area (Å²) >= 11 is 3.12. The molecule has 2 saturated heterocycles. The van der Waals surface area contributed by atoms with Gasteiger partial charge in [0, 0.05) is 98.5 Å². The predicted octanol–water partition coefficient (Wildman–Crippen LogP) is 7.69. The summed E-state index contributed by atoms with van der Waals surface area (Å²) in [6, 6.07) is 22.4. The van der Waals surface area contributed by atoms with Gasteiger partial charge in [-0.3, -0.25) is 20.2 Å². The monoisotopic (exact) mass is 916 g/mol. The van der Waals surface area contributed by atoms with E-state index in [4.69, 9.17) is 9.97 Å². The molecule has 0 bridgehead atoms. The number of nitro benzene ring substituents is 2. The largest absolute Gasteiger partial charge is 0.345 e. The van der Waals surface area contributed by atoms with Crippen molar-refractivity contribution in [3.05, 3.63) is 138 Å². The molecule has 2 aliphatic heterocycles. The highest BCUT2D eigenvalue weighted by Crippen LogP contribution is 2.34. The maximum atomic E-state index is 12.9. The first kappa shape index (κ1) is 44.4. The van der Waals surface area contributed by atoms with E-state index in [-0.39, 0.29) is 21.2 Å². The van der Waals surface area contributed by atoms with E-state index in [0.717, 1.165) is 32.8 Å². The third-order valence-corrected chi connectivity index (χ3v) is 16.6. The second-order valence-corrected chi connectivity index (χ2v) is 20.4. The summed E-state index contributed by atoms with van der Waals surface area (Å²) in [7, 11) is -7.38. The van der Waals surface area contributed by atoms with Gasteiger partial charge in [-0.2, -0.15) is 8.61 Å². The lowest BCUT2D eigenvalue weighted by atomic mass is 10.0. The Morgan fingerprint density at radius 1 is 0.532 bits per heavy atom. The number of hydrogen-bond donors (Lipinski definition) is 0. The molecule has 0 saturated carbocycles. The van der Waals surface area contributed by atoms with Gasteiger partial charge in [-0.1, -0.05) is 36.4 Å². The van der Waals surface area contributed by atoms with Crippen LogP contribution in [0.15, 0.2) is 105 Å². The van der Waals surface area contributed by atoms with Gasteiger partial charge in [0.05, 0.1) is 31.0 Å². The van der Waals surface area contributed by atoms with E-state index >= 15 is 0 Å². The first-order valence-electron chi connectivity index (χ1n) is 19.6. The second kappa shape index (κ2) is 18.4. The maximum absolute atomic E-state index is 12.9. The van der Waals surface area contributed by atoms with Crippen LogP contribution < -0.4 is 9.80 Å². The minimum absolute atomic E-state index is 0.0676. The molecule has 2 aliphatic rings. The number of nitro groups is 2. The van der Waals surface area contributed by atoms with Crippen molar-refractivity contribution in [2.24, 2.45) is 0 Å². The van der Waals surface area contributed by atoms with Crippen LogP contribution in [0.1, 0.15) is 22.3 Å². The zero-order valence-electron chi connectivity index (χ0n) is 34.4. The van der Waals surface area contributed by atoms with Gasteiger partial charge in [0.1, 0.15) is 0 Å². The summed E-state index contributed by atoms with van der Waals surface area (Å²) in [5.41, 5.74) is 8.64. The predicted molar refractivity (Wildman–Crippen MR) is 242 cm³/mol. The number of nitrogens with zero attached hydrogens (tertiary/aromatic N) is 8. The van der Waals surface area contributed by atoms with E-state index < -0.39 is 29.9 Å². The molecule has 4 heterocycles. The van der Waals surface area contributed by atoms with Crippen molar-refractivity contribution in [2.75, 3.05) is 62.2 Å². The van der Waals surface area contributed by atoms with Crippen LogP contribution in [-0.4, -0.2) is 97.6 Å². The lowest BCUT2D eigenvalue weighted by Gasteiger charge is -2.33. The van der Waals surface area contributed by atoms with Crippen LogP contribution in [0.2, 0.25) is 0 Å². The zero-order valence-corrected chi connectivity index (χ0v) is 37.6. The highest BCUT2D eigenvalue weighted by molar-refractivity contribution is 7.89. The molecule has 8 rings (SSSR count). The minimum atomic E-state index is -3.69. The SMILES string of the molecule is Cc1cccc(-c2csc(N3CCN(S(=O)(=O)c4ccc([N+](=O)[O-])cc4)CC3)n2)c1C.Cc1cccc(C)c1-c1csc(N2CCN(S(=O)(=O)c3ccc([N+](=O)[O-])cc3)CC2)n1. The fourth-order valence-electron chi connectivity index (χ4n) is 7.32. The molecule has 2 fully saturated rings. The van der Waals surface area contributed by atoms with Crippen molar-refractivity contribution in [2.45, 2.75) is 37.5 Å². The summed E-state index contributed by atoms with van der Waals surface area (Å²) in [6.45, 7) is 11.8. The molecular weight excluding hydrogens is 873 g/mol. The molecule has 2 aromatic heterocycles. The molecule has 0 unspecified atom stereocenters. The van der Waals surface area contributed by atoms with Crippen molar-refractivity contribution < 1.29 is 26.7 Å². The summed E-state index contributed by atoms with van der Waals surface area (Å²) in [5.74, 6) is 0. The Labute approximate surface area is 368 Å². The van der Waals surface area contributed by atoms with Crippen molar-refractivity contribution in [3.63, 3.8) is 0 Å². The Morgan fingerprint density at radius 3 is 1.35 bits per heavy atom. The van der Waals surface area contributed by atoms with Gasteiger partial charge in [-0.15, -0.1) is 22.7 Å². The average molecular weight is 917 g/mol. The highest BCUT2D eigenvalue weighted by Gasteiger charge is 2.31. The molecule has 20 heteroatoms. The third kappa shape index (κ3) is 9.39. The van der Waals surface area contributed by atoms with Crippen molar-refractivity contribution in [1.29, 1.82) is 0 Å². The Hall–Kier alpha value is -5.64. The summed E-state index contributed by atoms with van der Waals surface area (Å²) in [6.07, 6.45) is 0. The highest BCUT2D eigenvalue weighted by atomic mass is 32.2. The van der Waals surface area contributed by atoms with Crippen LogP contribution in [-0.2, 0) is 20.0 Å². The number of thiazole rings is 2. The normalized spacial score (nSPS) is 15.2. The Morgan fingerprint density at radius 2 is 0.919 bits per heavy atom. The number of aryl methyl sites for hydroxylation is 3.